The van der Waals surface area contributed by atoms with Gasteiger partial charge in [0, 0.05) is 29.7 Å². The van der Waals surface area contributed by atoms with Crippen LogP contribution in [0.3, 0.4) is 0 Å². The van der Waals surface area contributed by atoms with Crippen LogP contribution in [0.25, 0.3) is 0 Å². The van der Waals surface area contributed by atoms with E-state index in [-0.39, 0.29) is 12.2 Å². The van der Waals surface area contributed by atoms with E-state index in [1.807, 2.05) is 48.5 Å². The Balaban J connectivity index is 1.65. The molecule has 2 N–H and O–H groups in total. The molecule has 0 radical (unpaired) electrons. The van der Waals surface area contributed by atoms with Gasteiger partial charge in [-0.15, -0.1) is 0 Å². The topological polar surface area (TPSA) is 56.3 Å². The SMILES string of the molecule is N#Cc1ccc([C@H](N)N2CCN(c3ccc(Cl)cc3Cl)[C@H](c3ccc(Cl)cc3)C2)cc1. The second-order valence-corrected chi connectivity index (χ2v) is 8.81. The van der Waals surface area contributed by atoms with E-state index >= 15 is 0 Å². The maximum atomic E-state index is 9.05. The van der Waals surface area contributed by atoms with E-state index in [1.165, 1.54) is 0 Å². The lowest BCUT2D eigenvalue weighted by atomic mass is 9.99. The van der Waals surface area contributed by atoms with Gasteiger partial charge in [0.05, 0.1) is 34.6 Å². The summed E-state index contributed by atoms with van der Waals surface area (Å²) in [5, 5.41) is 11.0. The van der Waals surface area contributed by atoms with E-state index in [0.717, 1.165) is 29.9 Å². The minimum absolute atomic E-state index is 0.0362. The summed E-state index contributed by atoms with van der Waals surface area (Å²) in [4.78, 5) is 4.55. The number of hydrogen-bond acceptors (Lipinski definition) is 4. The molecule has 1 aliphatic rings. The summed E-state index contributed by atoms with van der Waals surface area (Å²) in [5.74, 6) is 0. The average molecular weight is 472 g/mol. The molecule has 1 heterocycles. The third-order valence-corrected chi connectivity index (χ3v) is 6.45. The predicted molar refractivity (Wildman–Crippen MR) is 128 cm³/mol. The molecule has 2 atom stereocenters. The Morgan fingerprint density at radius 1 is 0.903 bits per heavy atom. The van der Waals surface area contributed by atoms with E-state index in [0.29, 0.717) is 27.2 Å². The molecular weight excluding hydrogens is 451 g/mol. The summed E-state index contributed by atoms with van der Waals surface area (Å²) in [6, 6.07) is 23.1. The highest BCUT2D eigenvalue weighted by Crippen LogP contribution is 2.38. The first-order valence-electron chi connectivity index (χ1n) is 9.93. The second kappa shape index (κ2) is 9.48. The third-order valence-electron chi connectivity index (χ3n) is 5.66. The highest BCUT2D eigenvalue weighted by molar-refractivity contribution is 6.36. The monoisotopic (exact) mass is 470 g/mol. The van der Waals surface area contributed by atoms with E-state index in [2.05, 4.69) is 15.9 Å². The van der Waals surface area contributed by atoms with Crippen molar-refractivity contribution in [2.45, 2.75) is 12.2 Å². The molecule has 4 nitrogen and oxygen atoms in total. The zero-order valence-corrected chi connectivity index (χ0v) is 18.9. The molecule has 1 saturated heterocycles. The quantitative estimate of drug-likeness (QED) is 0.504. The summed E-state index contributed by atoms with van der Waals surface area (Å²) in [6.45, 7) is 2.23. The van der Waals surface area contributed by atoms with Crippen molar-refractivity contribution in [3.8, 4) is 6.07 Å². The minimum Gasteiger partial charge on any atom is -0.361 e. The number of rotatable bonds is 4. The summed E-state index contributed by atoms with van der Waals surface area (Å²) < 4.78 is 0. The lowest BCUT2D eigenvalue weighted by Crippen LogP contribution is -2.51. The predicted octanol–water partition coefficient (Wildman–Crippen LogP) is 6.04. The number of nitrogens with zero attached hydrogens (tertiary/aromatic N) is 3. The van der Waals surface area contributed by atoms with Gasteiger partial charge < -0.3 is 10.6 Å². The van der Waals surface area contributed by atoms with Crippen LogP contribution in [-0.2, 0) is 0 Å². The zero-order chi connectivity index (χ0) is 22.0. The Bertz CT molecular complexity index is 1090. The highest BCUT2D eigenvalue weighted by Gasteiger charge is 2.32. The Kier molecular flexibility index (Phi) is 6.71. The van der Waals surface area contributed by atoms with Crippen LogP contribution in [0.1, 0.15) is 28.9 Å². The first-order chi connectivity index (χ1) is 15.0. The van der Waals surface area contributed by atoms with Gasteiger partial charge in [0.1, 0.15) is 0 Å². The molecule has 0 amide bonds. The van der Waals surface area contributed by atoms with Crippen LogP contribution in [0.2, 0.25) is 15.1 Å². The molecule has 0 aliphatic carbocycles. The molecule has 158 valence electrons. The molecule has 1 fully saturated rings. The lowest BCUT2D eigenvalue weighted by Gasteiger charge is -2.45. The largest absolute Gasteiger partial charge is 0.361 e. The maximum absolute atomic E-state index is 9.05. The van der Waals surface area contributed by atoms with Crippen molar-refractivity contribution in [3.05, 3.63) is 98.5 Å². The maximum Gasteiger partial charge on any atom is 0.0991 e. The first kappa shape index (κ1) is 22.0. The van der Waals surface area contributed by atoms with Crippen molar-refractivity contribution < 1.29 is 0 Å². The molecule has 0 aromatic heterocycles. The normalized spacial score (nSPS) is 17.9. The van der Waals surface area contributed by atoms with Gasteiger partial charge in [-0.3, -0.25) is 4.90 Å². The van der Waals surface area contributed by atoms with Gasteiger partial charge >= 0.3 is 0 Å². The molecular formula is C24H21Cl3N4. The Morgan fingerprint density at radius 3 is 2.23 bits per heavy atom. The standard InChI is InChI=1S/C24H21Cl3N4/c25-19-7-5-17(6-8-19)23-15-30(24(29)18-3-1-16(14-28)2-4-18)11-12-31(23)22-10-9-20(26)13-21(22)27/h1-10,13,23-24H,11-12,15,29H2/t23-,24+/m0/s1. The third kappa shape index (κ3) is 4.82. The van der Waals surface area contributed by atoms with Crippen LogP contribution in [0.4, 0.5) is 5.69 Å². The van der Waals surface area contributed by atoms with Gasteiger partial charge in [-0.1, -0.05) is 59.1 Å². The molecule has 3 aromatic rings. The first-order valence-corrected chi connectivity index (χ1v) is 11.1. The smallest absolute Gasteiger partial charge is 0.0991 e. The molecule has 0 saturated carbocycles. The molecule has 0 unspecified atom stereocenters. The summed E-state index contributed by atoms with van der Waals surface area (Å²) >= 11 is 18.8. The van der Waals surface area contributed by atoms with Crippen molar-refractivity contribution >= 4 is 40.5 Å². The van der Waals surface area contributed by atoms with Gasteiger partial charge in [0.25, 0.3) is 0 Å². The summed E-state index contributed by atoms with van der Waals surface area (Å²) in [7, 11) is 0. The summed E-state index contributed by atoms with van der Waals surface area (Å²) in [6.07, 6.45) is -0.273. The number of halogens is 3. The average Bonchev–Trinajstić information content (AvgIpc) is 2.79. The summed E-state index contributed by atoms with van der Waals surface area (Å²) in [5.41, 5.74) is 10.3. The van der Waals surface area contributed by atoms with Crippen molar-refractivity contribution in [1.82, 2.24) is 4.90 Å². The van der Waals surface area contributed by atoms with Gasteiger partial charge in [0.15, 0.2) is 0 Å². The van der Waals surface area contributed by atoms with Crippen LogP contribution in [0.5, 0.6) is 0 Å². The van der Waals surface area contributed by atoms with E-state index < -0.39 is 0 Å². The number of anilines is 1. The molecule has 1 aliphatic heterocycles. The molecule has 0 bridgehead atoms. The minimum atomic E-state index is -0.273. The Morgan fingerprint density at radius 2 is 1.58 bits per heavy atom. The fourth-order valence-electron chi connectivity index (χ4n) is 4.00. The molecule has 31 heavy (non-hydrogen) atoms. The number of nitrogens with two attached hydrogens (primary N) is 1. The van der Waals surface area contributed by atoms with Gasteiger partial charge in [-0.2, -0.15) is 5.26 Å². The van der Waals surface area contributed by atoms with Crippen molar-refractivity contribution in [2.24, 2.45) is 5.73 Å². The number of hydrogen-bond donors (Lipinski definition) is 1. The number of benzene rings is 3. The van der Waals surface area contributed by atoms with Crippen molar-refractivity contribution in [2.75, 3.05) is 24.5 Å². The van der Waals surface area contributed by atoms with E-state index in [1.54, 1.807) is 18.2 Å². The van der Waals surface area contributed by atoms with Crippen molar-refractivity contribution in [3.63, 3.8) is 0 Å². The van der Waals surface area contributed by atoms with Crippen LogP contribution >= 0.6 is 34.8 Å². The Hall–Kier alpha value is -2.26. The van der Waals surface area contributed by atoms with Crippen LogP contribution in [0, 0.1) is 11.3 Å². The lowest BCUT2D eigenvalue weighted by molar-refractivity contribution is 0.163. The fraction of sp³-hybridized carbons (Fsp3) is 0.208. The van der Waals surface area contributed by atoms with E-state index in [9.17, 15) is 0 Å². The second-order valence-electron chi connectivity index (χ2n) is 7.53. The number of piperazine rings is 1. The van der Waals surface area contributed by atoms with Gasteiger partial charge in [-0.25, -0.2) is 0 Å². The van der Waals surface area contributed by atoms with Crippen molar-refractivity contribution in [1.29, 1.82) is 5.26 Å². The highest BCUT2D eigenvalue weighted by atomic mass is 35.5. The molecule has 7 heteroatoms. The van der Waals surface area contributed by atoms with Gasteiger partial charge in [0.2, 0.25) is 0 Å². The van der Waals surface area contributed by atoms with E-state index in [4.69, 9.17) is 45.8 Å². The molecule has 0 spiro atoms. The fourth-order valence-corrected chi connectivity index (χ4v) is 4.64. The zero-order valence-electron chi connectivity index (χ0n) is 16.7. The van der Waals surface area contributed by atoms with Crippen LogP contribution in [0.15, 0.2) is 66.7 Å². The Labute approximate surface area is 197 Å². The van der Waals surface area contributed by atoms with Crippen LogP contribution < -0.4 is 10.6 Å². The number of nitriles is 1. The van der Waals surface area contributed by atoms with Crippen LogP contribution in [-0.4, -0.2) is 24.5 Å². The molecule has 4 rings (SSSR count). The van der Waals surface area contributed by atoms with Gasteiger partial charge in [-0.05, 0) is 53.6 Å². The molecule has 3 aromatic carbocycles.